The van der Waals surface area contributed by atoms with Gasteiger partial charge in [0.1, 0.15) is 0 Å². The number of amides is 1. The molecule has 0 aliphatic carbocycles. The largest absolute Gasteiger partial charge is 0.378 e. The van der Waals surface area contributed by atoms with Crippen molar-refractivity contribution in [1.82, 2.24) is 10.2 Å². The van der Waals surface area contributed by atoms with Gasteiger partial charge in [0.15, 0.2) is 0 Å². The molecule has 2 fully saturated rings. The molecule has 0 aromatic rings. The average molecular weight is 263 g/mol. The predicted octanol–water partition coefficient (Wildman–Crippen LogP) is 1.19. The van der Waals surface area contributed by atoms with E-state index in [2.05, 4.69) is 12.2 Å². The molecule has 5 heteroatoms. The lowest BCUT2D eigenvalue weighted by molar-refractivity contribution is -0.136. The van der Waals surface area contributed by atoms with Crippen LogP contribution in [0.4, 0.5) is 0 Å². The number of nitrogens with one attached hydrogen (secondary N) is 1. The standard InChI is InChI=1S/C12H22N2O2.ClH/c1-10-9-14(6-5-13-10)12(15)8-11-4-2-3-7-16-11;/h10-11,13H,2-9H2,1H3;1H/t10-,11?;/m1./s1. The highest BCUT2D eigenvalue weighted by Crippen LogP contribution is 2.17. The Morgan fingerprint density at radius 2 is 2.29 bits per heavy atom. The van der Waals surface area contributed by atoms with Gasteiger partial charge in [-0.3, -0.25) is 4.79 Å². The lowest BCUT2D eigenvalue weighted by atomic mass is 10.1. The van der Waals surface area contributed by atoms with Crippen molar-refractivity contribution in [3.8, 4) is 0 Å². The lowest BCUT2D eigenvalue weighted by Gasteiger charge is -2.33. The van der Waals surface area contributed by atoms with Crippen molar-refractivity contribution in [2.45, 2.75) is 44.8 Å². The van der Waals surface area contributed by atoms with Gasteiger partial charge in [-0.25, -0.2) is 0 Å². The summed E-state index contributed by atoms with van der Waals surface area (Å²) in [6, 6.07) is 0.421. The second-order valence-electron chi connectivity index (χ2n) is 4.89. The molecule has 2 atom stereocenters. The summed E-state index contributed by atoms with van der Waals surface area (Å²) in [5, 5.41) is 3.35. The van der Waals surface area contributed by atoms with Crippen LogP contribution in [0.2, 0.25) is 0 Å². The normalized spacial score (nSPS) is 29.6. The Morgan fingerprint density at radius 3 is 2.94 bits per heavy atom. The summed E-state index contributed by atoms with van der Waals surface area (Å²) >= 11 is 0. The average Bonchev–Trinajstić information content (AvgIpc) is 2.30. The summed E-state index contributed by atoms with van der Waals surface area (Å²) in [6.07, 6.45) is 4.15. The molecule has 0 saturated carbocycles. The molecule has 0 radical (unpaired) electrons. The number of carbonyl (C=O) groups excluding carboxylic acids is 1. The highest BCUT2D eigenvalue weighted by atomic mass is 35.5. The predicted molar refractivity (Wildman–Crippen MR) is 69.5 cm³/mol. The SMILES string of the molecule is C[C@@H]1CN(C(=O)CC2CCCCO2)CCN1.Cl. The molecule has 2 heterocycles. The summed E-state index contributed by atoms with van der Waals surface area (Å²) in [7, 11) is 0. The van der Waals surface area contributed by atoms with Gasteiger partial charge in [-0.05, 0) is 26.2 Å². The quantitative estimate of drug-likeness (QED) is 0.813. The van der Waals surface area contributed by atoms with E-state index in [1.807, 2.05) is 4.90 Å². The molecule has 0 aromatic heterocycles. The highest BCUT2D eigenvalue weighted by Gasteiger charge is 2.24. The molecule has 2 saturated heterocycles. The third kappa shape index (κ3) is 4.45. The highest BCUT2D eigenvalue weighted by molar-refractivity contribution is 5.85. The van der Waals surface area contributed by atoms with Gasteiger partial charge in [0.2, 0.25) is 5.91 Å². The van der Waals surface area contributed by atoms with Gasteiger partial charge in [0.05, 0.1) is 12.5 Å². The molecular weight excluding hydrogens is 240 g/mol. The van der Waals surface area contributed by atoms with Crippen LogP contribution in [0.1, 0.15) is 32.6 Å². The molecule has 2 aliphatic rings. The van der Waals surface area contributed by atoms with Crippen molar-refractivity contribution in [1.29, 1.82) is 0 Å². The van der Waals surface area contributed by atoms with Crippen molar-refractivity contribution in [3.05, 3.63) is 0 Å². The fourth-order valence-electron chi connectivity index (χ4n) is 2.45. The zero-order chi connectivity index (χ0) is 11.4. The van der Waals surface area contributed by atoms with Crippen molar-refractivity contribution < 1.29 is 9.53 Å². The number of piperazine rings is 1. The molecule has 100 valence electrons. The minimum Gasteiger partial charge on any atom is -0.378 e. The first kappa shape index (κ1) is 14.7. The fourth-order valence-corrected chi connectivity index (χ4v) is 2.45. The summed E-state index contributed by atoms with van der Waals surface area (Å²) in [6.45, 7) is 5.55. The van der Waals surface area contributed by atoms with Gasteiger partial charge in [0, 0.05) is 32.3 Å². The zero-order valence-electron chi connectivity index (χ0n) is 10.5. The number of halogens is 1. The van der Waals surface area contributed by atoms with Crippen LogP contribution in [0.15, 0.2) is 0 Å². The van der Waals surface area contributed by atoms with Crippen LogP contribution in [0.3, 0.4) is 0 Å². The maximum atomic E-state index is 12.0. The van der Waals surface area contributed by atoms with Crippen molar-refractivity contribution >= 4 is 18.3 Å². The summed E-state index contributed by atoms with van der Waals surface area (Å²) in [4.78, 5) is 14.0. The first-order chi connectivity index (χ1) is 7.75. The molecule has 0 spiro atoms. The van der Waals surface area contributed by atoms with Gasteiger partial charge >= 0.3 is 0 Å². The topological polar surface area (TPSA) is 41.6 Å². The van der Waals surface area contributed by atoms with E-state index in [4.69, 9.17) is 4.74 Å². The molecule has 1 N–H and O–H groups in total. The number of hydrogen-bond donors (Lipinski definition) is 1. The Balaban J connectivity index is 0.00000144. The number of nitrogens with zero attached hydrogens (tertiary/aromatic N) is 1. The van der Waals surface area contributed by atoms with E-state index in [0.717, 1.165) is 39.1 Å². The third-order valence-corrected chi connectivity index (χ3v) is 3.40. The van der Waals surface area contributed by atoms with Crippen molar-refractivity contribution in [2.24, 2.45) is 0 Å². The molecule has 4 nitrogen and oxygen atoms in total. The van der Waals surface area contributed by atoms with E-state index in [1.165, 1.54) is 6.42 Å². The molecule has 1 amide bonds. The van der Waals surface area contributed by atoms with E-state index >= 15 is 0 Å². The van der Waals surface area contributed by atoms with Gasteiger partial charge in [0.25, 0.3) is 0 Å². The Kier molecular flexibility index (Phi) is 6.23. The molecule has 1 unspecified atom stereocenters. The number of carbonyl (C=O) groups is 1. The van der Waals surface area contributed by atoms with E-state index < -0.39 is 0 Å². The van der Waals surface area contributed by atoms with Crippen LogP contribution in [0.25, 0.3) is 0 Å². The molecule has 2 aliphatic heterocycles. The number of hydrogen-bond acceptors (Lipinski definition) is 3. The number of rotatable bonds is 2. The molecular formula is C12H23ClN2O2. The Bertz CT molecular complexity index is 245. The summed E-state index contributed by atoms with van der Waals surface area (Å²) in [5.74, 6) is 0.264. The van der Waals surface area contributed by atoms with Crippen LogP contribution < -0.4 is 5.32 Å². The van der Waals surface area contributed by atoms with E-state index in [-0.39, 0.29) is 24.4 Å². The second-order valence-corrected chi connectivity index (χ2v) is 4.89. The second kappa shape index (κ2) is 7.19. The van der Waals surface area contributed by atoms with Crippen LogP contribution in [-0.4, -0.2) is 49.2 Å². The smallest absolute Gasteiger partial charge is 0.225 e. The van der Waals surface area contributed by atoms with E-state index in [0.29, 0.717) is 12.5 Å². The van der Waals surface area contributed by atoms with Crippen LogP contribution in [0, 0.1) is 0 Å². The van der Waals surface area contributed by atoms with Gasteiger partial charge in [-0.1, -0.05) is 0 Å². The molecule has 17 heavy (non-hydrogen) atoms. The van der Waals surface area contributed by atoms with Crippen LogP contribution in [-0.2, 0) is 9.53 Å². The van der Waals surface area contributed by atoms with Crippen LogP contribution in [0.5, 0.6) is 0 Å². The maximum absolute atomic E-state index is 12.0. The lowest BCUT2D eigenvalue weighted by Crippen LogP contribution is -2.51. The first-order valence-corrected chi connectivity index (χ1v) is 6.38. The van der Waals surface area contributed by atoms with Gasteiger partial charge in [-0.15, -0.1) is 12.4 Å². The van der Waals surface area contributed by atoms with Crippen molar-refractivity contribution in [3.63, 3.8) is 0 Å². The van der Waals surface area contributed by atoms with E-state index in [9.17, 15) is 4.79 Å². The molecule has 0 bridgehead atoms. The molecule has 0 aromatic carbocycles. The fraction of sp³-hybridized carbons (Fsp3) is 0.917. The van der Waals surface area contributed by atoms with E-state index in [1.54, 1.807) is 0 Å². The third-order valence-electron chi connectivity index (χ3n) is 3.40. The number of ether oxygens (including phenoxy) is 1. The van der Waals surface area contributed by atoms with Gasteiger partial charge < -0.3 is 15.0 Å². The summed E-state index contributed by atoms with van der Waals surface area (Å²) < 4.78 is 5.60. The van der Waals surface area contributed by atoms with Gasteiger partial charge in [-0.2, -0.15) is 0 Å². The zero-order valence-corrected chi connectivity index (χ0v) is 11.3. The first-order valence-electron chi connectivity index (χ1n) is 6.38. The molecule has 2 rings (SSSR count). The Morgan fingerprint density at radius 1 is 1.47 bits per heavy atom. The minimum absolute atomic E-state index is 0. The maximum Gasteiger partial charge on any atom is 0.225 e. The monoisotopic (exact) mass is 262 g/mol. The van der Waals surface area contributed by atoms with Crippen molar-refractivity contribution in [2.75, 3.05) is 26.2 Å². The van der Waals surface area contributed by atoms with Crippen LogP contribution >= 0.6 is 12.4 Å². The Labute approximate surface area is 109 Å². The minimum atomic E-state index is 0. The Hall–Kier alpha value is -0.320. The summed E-state index contributed by atoms with van der Waals surface area (Å²) in [5.41, 5.74) is 0.